The van der Waals surface area contributed by atoms with Gasteiger partial charge in [0, 0.05) is 18.4 Å². The summed E-state index contributed by atoms with van der Waals surface area (Å²) < 4.78 is 5.10. The lowest BCUT2D eigenvalue weighted by molar-refractivity contribution is -0.139. The minimum Gasteiger partial charge on any atom is -0.462 e. The van der Waals surface area contributed by atoms with Crippen LogP contribution in [0.25, 0.3) is 0 Å². The Bertz CT molecular complexity index is 397. The Morgan fingerprint density at radius 3 is 2.62 bits per heavy atom. The molecule has 0 saturated heterocycles. The van der Waals surface area contributed by atoms with Gasteiger partial charge < -0.3 is 14.3 Å². The first-order valence-electron chi connectivity index (χ1n) is 7.54. The summed E-state index contributed by atoms with van der Waals surface area (Å²) in [5.74, 6) is -0.328. The van der Waals surface area contributed by atoms with Gasteiger partial charge in [-0.3, -0.25) is 0 Å². The highest BCUT2D eigenvalue weighted by atomic mass is 16.5. The van der Waals surface area contributed by atoms with Gasteiger partial charge in [-0.25, -0.2) is 4.79 Å². The van der Waals surface area contributed by atoms with Gasteiger partial charge in [0.2, 0.25) is 0 Å². The van der Waals surface area contributed by atoms with Crippen molar-refractivity contribution in [3.8, 4) is 0 Å². The van der Waals surface area contributed by atoms with Crippen molar-refractivity contribution in [2.75, 3.05) is 6.61 Å². The first kappa shape index (κ1) is 17.3. The number of allylic oxidation sites excluding steroid dienone is 2. The average molecular weight is 292 g/mol. The number of carbonyl (C=O) groups excluding carboxylic acids is 3. The number of hydrogen-bond acceptors (Lipinski definition) is 4. The molecule has 1 aliphatic carbocycles. The van der Waals surface area contributed by atoms with Gasteiger partial charge in [-0.2, -0.15) is 0 Å². The average Bonchev–Trinajstić information content (AvgIpc) is 2.51. The van der Waals surface area contributed by atoms with Crippen molar-refractivity contribution in [3.63, 3.8) is 0 Å². The largest absolute Gasteiger partial charge is 0.462 e. The quantitative estimate of drug-likeness (QED) is 0.268. The molecular formula is C17H24O4. The zero-order valence-corrected chi connectivity index (χ0v) is 12.5. The Labute approximate surface area is 126 Å². The van der Waals surface area contributed by atoms with Gasteiger partial charge in [0.15, 0.2) is 0 Å². The van der Waals surface area contributed by atoms with E-state index in [0.29, 0.717) is 18.4 Å². The zero-order valence-electron chi connectivity index (χ0n) is 12.5. The van der Waals surface area contributed by atoms with Gasteiger partial charge in [0.1, 0.15) is 12.6 Å². The number of esters is 1. The number of aldehydes is 2. The van der Waals surface area contributed by atoms with E-state index in [0.717, 1.165) is 44.7 Å². The summed E-state index contributed by atoms with van der Waals surface area (Å²) in [6.45, 7) is 3.88. The fraction of sp³-hybridized carbons (Fsp3) is 0.588. The Kier molecular flexibility index (Phi) is 7.65. The first-order chi connectivity index (χ1) is 10.2. The van der Waals surface area contributed by atoms with Gasteiger partial charge in [-0.05, 0) is 43.9 Å². The van der Waals surface area contributed by atoms with Gasteiger partial charge in [0.25, 0.3) is 0 Å². The van der Waals surface area contributed by atoms with Crippen molar-refractivity contribution in [2.45, 2.75) is 51.4 Å². The van der Waals surface area contributed by atoms with Crippen molar-refractivity contribution in [1.82, 2.24) is 0 Å². The molecule has 0 saturated carbocycles. The minimum absolute atomic E-state index is 0.105. The van der Waals surface area contributed by atoms with E-state index in [1.54, 1.807) is 0 Å². The van der Waals surface area contributed by atoms with Crippen LogP contribution in [0.5, 0.6) is 0 Å². The van der Waals surface area contributed by atoms with Crippen LogP contribution in [-0.4, -0.2) is 25.1 Å². The molecule has 0 aromatic carbocycles. The number of carbonyl (C=O) groups is 3. The second kappa shape index (κ2) is 9.27. The van der Waals surface area contributed by atoms with E-state index >= 15 is 0 Å². The maximum Gasteiger partial charge on any atom is 0.333 e. The molecule has 1 rings (SSSR count). The summed E-state index contributed by atoms with van der Waals surface area (Å²) in [4.78, 5) is 33.0. The third-order valence-corrected chi connectivity index (χ3v) is 3.94. The molecule has 0 aromatic heterocycles. The molecule has 0 spiro atoms. The molecule has 0 heterocycles. The van der Waals surface area contributed by atoms with E-state index in [1.165, 1.54) is 0 Å². The van der Waals surface area contributed by atoms with E-state index in [1.807, 2.05) is 12.2 Å². The molecule has 0 aromatic rings. The molecule has 0 radical (unpaired) electrons. The summed E-state index contributed by atoms with van der Waals surface area (Å²) in [6.07, 6.45) is 11.4. The normalized spacial score (nSPS) is 21.2. The van der Waals surface area contributed by atoms with Crippen molar-refractivity contribution in [3.05, 3.63) is 24.3 Å². The Morgan fingerprint density at radius 1 is 1.24 bits per heavy atom. The zero-order chi connectivity index (χ0) is 15.6. The second-order valence-electron chi connectivity index (χ2n) is 5.51. The summed E-state index contributed by atoms with van der Waals surface area (Å²) in [5, 5.41) is 0. The smallest absolute Gasteiger partial charge is 0.333 e. The van der Waals surface area contributed by atoms with Crippen LogP contribution in [0.2, 0.25) is 0 Å². The minimum atomic E-state index is -0.328. The van der Waals surface area contributed by atoms with Crippen LogP contribution in [0, 0.1) is 5.41 Å². The lowest BCUT2D eigenvalue weighted by Gasteiger charge is -2.34. The second-order valence-corrected chi connectivity index (χ2v) is 5.51. The molecule has 0 N–H and O–H groups in total. The fourth-order valence-corrected chi connectivity index (χ4v) is 2.85. The first-order valence-corrected chi connectivity index (χ1v) is 7.54. The third-order valence-electron chi connectivity index (χ3n) is 3.94. The molecule has 0 fully saturated rings. The molecule has 1 atom stereocenters. The molecule has 1 unspecified atom stereocenters. The molecule has 4 heteroatoms. The molecular weight excluding hydrogens is 268 g/mol. The van der Waals surface area contributed by atoms with Crippen molar-refractivity contribution < 1.29 is 19.1 Å². The molecule has 21 heavy (non-hydrogen) atoms. The van der Waals surface area contributed by atoms with Crippen molar-refractivity contribution in [2.24, 2.45) is 5.41 Å². The van der Waals surface area contributed by atoms with Crippen LogP contribution in [0.1, 0.15) is 51.4 Å². The standard InChI is InChI=1S/C17H24O4/c1-2-3-8-17(10-5-11-18)9-4-7-15(14-17)16(20)21-13-6-12-19/h2,11-12,14H,1,3-10,13H2. The Hall–Kier alpha value is -1.71. The van der Waals surface area contributed by atoms with Crippen LogP contribution in [-0.2, 0) is 19.1 Å². The summed E-state index contributed by atoms with van der Waals surface area (Å²) in [7, 11) is 0. The maximum atomic E-state index is 12.0. The van der Waals surface area contributed by atoms with E-state index in [9.17, 15) is 14.4 Å². The van der Waals surface area contributed by atoms with Crippen LogP contribution >= 0.6 is 0 Å². The van der Waals surface area contributed by atoms with E-state index in [2.05, 4.69) is 6.58 Å². The van der Waals surface area contributed by atoms with Crippen molar-refractivity contribution >= 4 is 18.5 Å². The number of ether oxygens (including phenoxy) is 1. The Balaban J connectivity index is 2.79. The predicted molar refractivity (Wildman–Crippen MR) is 80.7 cm³/mol. The number of hydrogen-bond donors (Lipinski definition) is 0. The molecule has 0 bridgehead atoms. The van der Waals surface area contributed by atoms with Gasteiger partial charge >= 0.3 is 5.97 Å². The molecule has 0 aliphatic heterocycles. The van der Waals surface area contributed by atoms with Gasteiger partial charge in [0.05, 0.1) is 6.61 Å². The van der Waals surface area contributed by atoms with Gasteiger partial charge in [-0.1, -0.05) is 12.2 Å². The molecule has 116 valence electrons. The Morgan fingerprint density at radius 2 is 1.95 bits per heavy atom. The highest BCUT2D eigenvalue weighted by Gasteiger charge is 2.31. The lowest BCUT2D eigenvalue weighted by Crippen LogP contribution is -2.25. The van der Waals surface area contributed by atoms with Gasteiger partial charge in [-0.15, -0.1) is 6.58 Å². The summed E-state index contributed by atoms with van der Waals surface area (Å²) >= 11 is 0. The van der Waals surface area contributed by atoms with E-state index in [-0.39, 0.29) is 24.4 Å². The maximum absolute atomic E-state index is 12.0. The molecule has 0 amide bonds. The van der Waals surface area contributed by atoms with Crippen LogP contribution in [0.15, 0.2) is 24.3 Å². The highest BCUT2D eigenvalue weighted by molar-refractivity contribution is 5.88. The molecule has 4 nitrogen and oxygen atoms in total. The SMILES string of the molecule is C=CCCC1(CCC=O)C=C(C(=O)OCCC=O)CCC1. The summed E-state index contributed by atoms with van der Waals surface area (Å²) in [5.41, 5.74) is 0.578. The van der Waals surface area contributed by atoms with Crippen LogP contribution < -0.4 is 0 Å². The number of rotatable bonds is 10. The van der Waals surface area contributed by atoms with Crippen molar-refractivity contribution in [1.29, 1.82) is 0 Å². The monoisotopic (exact) mass is 292 g/mol. The van der Waals surface area contributed by atoms with Crippen LogP contribution in [0.4, 0.5) is 0 Å². The van der Waals surface area contributed by atoms with Crippen LogP contribution in [0.3, 0.4) is 0 Å². The van der Waals surface area contributed by atoms with E-state index in [4.69, 9.17) is 4.74 Å². The molecule has 1 aliphatic rings. The predicted octanol–water partition coefficient (Wildman–Crippen LogP) is 3.16. The highest BCUT2D eigenvalue weighted by Crippen LogP contribution is 2.42. The topological polar surface area (TPSA) is 60.4 Å². The fourth-order valence-electron chi connectivity index (χ4n) is 2.85. The van der Waals surface area contributed by atoms with E-state index < -0.39 is 0 Å². The lowest BCUT2D eigenvalue weighted by atomic mass is 9.70. The third kappa shape index (κ3) is 5.66. The summed E-state index contributed by atoms with van der Waals surface area (Å²) in [6, 6.07) is 0.